The molecular weight excluding hydrogens is 226 g/mol. The lowest BCUT2D eigenvalue weighted by Crippen LogP contribution is -2.40. The monoisotopic (exact) mass is 253 g/mol. The fraction of sp³-hybridized carbons (Fsp3) is 0.933. The number of nitrogens with zero attached hydrogens (tertiary/aromatic N) is 1. The second-order valence-corrected chi connectivity index (χ2v) is 6.22. The zero-order valence-corrected chi connectivity index (χ0v) is 11.9. The Hall–Kier alpha value is -0.570. The van der Waals surface area contributed by atoms with Crippen LogP contribution in [0.1, 0.15) is 46.0 Å². The van der Waals surface area contributed by atoms with Gasteiger partial charge in [-0.3, -0.25) is 4.79 Å². The number of hydrogen-bond acceptors (Lipinski definition) is 2. The summed E-state index contributed by atoms with van der Waals surface area (Å²) in [6.45, 7) is 8.23. The summed E-state index contributed by atoms with van der Waals surface area (Å²) in [5.74, 6) is 2.52. The number of carbonyl (C=O) groups is 1. The molecule has 3 nitrogen and oxygen atoms in total. The van der Waals surface area contributed by atoms with Crippen molar-refractivity contribution in [3.05, 3.63) is 0 Å². The topological polar surface area (TPSA) is 29.5 Å². The van der Waals surface area contributed by atoms with Crippen LogP contribution < -0.4 is 0 Å². The van der Waals surface area contributed by atoms with Crippen molar-refractivity contribution in [2.75, 3.05) is 26.3 Å². The molecule has 2 heterocycles. The highest BCUT2D eigenvalue weighted by atomic mass is 16.5. The van der Waals surface area contributed by atoms with E-state index in [0.29, 0.717) is 11.8 Å². The van der Waals surface area contributed by atoms with E-state index in [1.165, 1.54) is 12.8 Å². The summed E-state index contributed by atoms with van der Waals surface area (Å²) in [6, 6.07) is 0. The summed E-state index contributed by atoms with van der Waals surface area (Å²) in [5.41, 5.74) is 0. The minimum absolute atomic E-state index is 0.379. The second-order valence-electron chi connectivity index (χ2n) is 6.22. The van der Waals surface area contributed by atoms with E-state index in [1.807, 2.05) is 0 Å². The van der Waals surface area contributed by atoms with Gasteiger partial charge in [-0.05, 0) is 43.4 Å². The van der Waals surface area contributed by atoms with Gasteiger partial charge in [-0.25, -0.2) is 0 Å². The fourth-order valence-corrected chi connectivity index (χ4v) is 3.14. The minimum Gasteiger partial charge on any atom is -0.381 e. The summed E-state index contributed by atoms with van der Waals surface area (Å²) in [4.78, 5) is 14.3. The van der Waals surface area contributed by atoms with Crippen LogP contribution in [0.4, 0.5) is 0 Å². The number of hydrogen-bond donors (Lipinski definition) is 0. The maximum atomic E-state index is 12.2. The molecule has 0 bridgehead atoms. The molecule has 2 aliphatic rings. The first kappa shape index (κ1) is 13.9. The SMILES string of the molecule is CC(C)C1CCN(C(=O)CC2CCOCC2)CC1. The Kier molecular flexibility index (Phi) is 5.04. The molecule has 0 aromatic heterocycles. The molecule has 0 N–H and O–H groups in total. The van der Waals surface area contributed by atoms with E-state index < -0.39 is 0 Å². The van der Waals surface area contributed by atoms with Gasteiger partial charge in [0.2, 0.25) is 5.91 Å². The molecule has 0 radical (unpaired) electrons. The first-order valence-corrected chi connectivity index (χ1v) is 7.52. The average Bonchev–Trinajstić information content (AvgIpc) is 2.40. The van der Waals surface area contributed by atoms with Crippen LogP contribution in [0.25, 0.3) is 0 Å². The van der Waals surface area contributed by atoms with Gasteiger partial charge in [0.1, 0.15) is 0 Å². The Labute approximate surface area is 111 Å². The van der Waals surface area contributed by atoms with Crippen molar-refractivity contribution in [3.8, 4) is 0 Å². The van der Waals surface area contributed by atoms with E-state index in [4.69, 9.17) is 4.74 Å². The lowest BCUT2D eigenvalue weighted by molar-refractivity contribution is -0.134. The molecule has 2 fully saturated rings. The highest BCUT2D eigenvalue weighted by Crippen LogP contribution is 2.26. The predicted octanol–water partition coefficient (Wildman–Crippen LogP) is 2.70. The zero-order chi connectivity index (χ0) is 13.0. The van der Waals surface area contributed by atoms with Crippen LogP contribution in [-0.2, 0) is 9.53 Å². The number of ether oxygens (including phenoxy) is 1. The molecule has 0 atom stereocenters. The van der Waals surface area contributed by atoms with E-state index in [2.05, 4.69) is 18.7 Å². The maximum Gasteiger partial charge on any atom is 0.222 e. The molecule has 0 spiro atoms. The van der Waals surface area contributed by atoms with Gasteiger partial charge in [0.05, 0.1) is 0 Å². The number of carbonyl (C=O) groups excluding carboxylic acids is 1. The van der Waals surface area contributed by atoms with Crippen molar-refractivity contribution < 1.29 is 9.53 Å². The molecule has 104 valence electrons. The highest BCUT2D eigenvalue weighted by molar-refractivity contribution is 5.76. The van der Waals surface area contributed by atoms with Gasteiger partial charge in [0, 0.05) is 32.7 Å². The number of amides is 1. The number of likely N-dealkylation sites (tertiary alicyclic amines) is 1. The Morgan fingerprint density at radius 3 is 2.33 bits per heavy atom. The first-order chi connectivity index (χ1) is 8.66. The van der Waals surface area contributed by atoms with Gasteiger partial charge in [-0.15, -0.1) is 0 Å². The average molecular weight is 253 g/mol. The summed E-state index contributed by atoms with van der Waals surface area (Å²) in [5, 5.41) is 0. The van der Waals surface area contributed by atoms with Crippen molar-refractivity contribution in [3.63, 3.8) is 0 Å². The molecule has 2 saturated heterocycles. The van der Waals surface area contributed by atoms with Crippen molar-refractivity contribution in [2.24, 2.45) is 17.8 Å². The van der Waals surface area contributed by atoms with Crippen LogP contribution in [0.3, 0.4) is 0 Å². The smallest absolute Gasteiger partial charge is 0.222 e. The van der Waals surface area contributed by atoms with Crippen LogP contribution in [0, 0.1) is 17.8 Å². The molecule has 1 amide bonds. The third-order valence-electron chi connectivity index (χ3n) is 4.64. The van der Waals surface area contributed by atoms with Gasteiger partial charge >= 0.3 is 0 Å². The van der Waals surface area contributed by atoms with Crippen molar-refractivity contribution in [1.29, 1.82) is 0 Å². The number of piperidine rings is 1. The third-order valence-corrected chi connectivity index (χ3v) is 4.64. The molecule has 0 aliphatic carbocycles. The lowest BCUT2D eigenvalue weighted by atomic mass is 9.86. The van der Waals surface area contributed by atoms with Crippen molar-refractivity contribution in [1.82, 2.24) is 4.90 Å². The summed E-state index contributed by atoms with van der Waals surface area (Å²) < 4.78 is 5.34. The molecule has 0 saturated carbocycles. The summed E-state index contributed by atoms with van der Waals surface area (Å²) >= 11 is 0. The van der Waals surface area contributed by atoms with Crippen LogP contribution in [-0.4, -0.2) is 37.1 Å². The Balaban J connectivity index is 1.73. The molecule has 0 aromatic carbocycles. The van der Waals surface area contributed by atoms with Gasteiger partial charge in [-0.1, -0.05) is 13.8 Å². The van der Waals surface area contributed by atoms with Crippen LogP contribution in [0.15, 0.2) is 0 Å². The second kappa shape index (κ2) is 6.55. The van der Waals surface area contributed by atoms with Gasteiger partial charge in [0.15, 0.2) is 0 Å². The molecule has 2 rings (SSSR count). The third kappa shape index (κ3) is 3.71. The molecule has 0 aromatic rings. The number of rotatable bonds is 3. The van der Waals surface area contributed by atoms with E-state index in [1.54, 1.807) is 0 Å². The summed E-state index contributed by atoms with van der Waals surface area (Å²) in [7, 11) is 0. The Bertz CT molecular complexity index is 264. The van der Waals surface area contributed by atoms with E-state index >= 15 is 0 Å². The Morgan fingerprint density at radius 2 is 1.78 bits per heavy atom. The highest BCUT2D eigenvalue weighted by Gasteiger charge is 2.26. The lowest BCUT2D eigenvalue weighted by Gasteiger charge is -2.35. The van der Waals surface area contributed by atoms with Gasteiger partial charge in [-0.2, -0.15) is 0 Å². The fourth-order valence-electron chi connectivity index (χ4n) is 3.14. The zero-order valence-electron chi connectivity index (χ0n) is 11.9. The predicted molar refractivity (Wildman–Crippen MR) is 72.3 cm³/mol. The largest absolute Gasteiger partial charge is 0.381 e. The molecule has 0 unspecified atom stereocenters. The molecule has 18 heavy (non-hydrogen) atoms. The van der Waals surface area contributed by atoms with E-state index in [0.717, 1.165) is 57.4 Å². The summed E-state index contributed by atoms with van der Waals surface area (Å²) in [6.07, 6.45) is 5.26. The van der Waals surface area contributed by atoms with Crippen LogP contribution >= 0.6 is 0 Å². The van der Waals surface area contributed by atoms with Crippen LogP contribution in [0.2, 0.25) is 0 Å². The Morgan fingerprint density at radius 1 is 1.17 bits per heavy atom. The van der Waals surface area contributed by atoms with Crippen LogP contribution in [0.5, 0.6) is 0 Å². The molecule has 2 aliphatic heterocycles. The molecular formula is C15H27NO2. The molecule has 3 heteroatoms. The van der Waals surface area contributed by atoms with Gasteiger partial charge in [0.25, 0.3) is 0 Å². The van der Waals surface area contributed by atoms with Crippen molar-refractivity contribution in [2.45, 2.75) is 46.0 Å². The maximum absolute atomic E-state index is 12.2. The van der Waals surface area contributed by atoms with E-state index in [-0.39, 0.29) is 0 Å². The van der Waals surface area contributed by atoms with Crippen molar-refractivity contribution >= 4 is 5.91 Å². The minimum atomic E-state index is 0.379. The normalized spacial score (nSPS) is 23.6. The van der Waals surface area contributed by atoms with E-state index in [9.17, 15) is 4.79 Å². The quantitative estimate of drug-likeness (QED) is 0.774. The first-order valence-electron chi connectivity index (χ1n) is 7.52. The standard InChI is InChI=1S/C15H27NO2/c1-12(2)14-3-7-16(8-4-14)15(17)11-13-5-9-18-10-6-13/h12-14H,3-11H2,1-2H3. The van der Waals surface area contributed by atoms with Gasteiger partial charge < -0.3 is 9.64 Å².